The molecular formula is C20H14ClN3O. The summed E-state index contributed by atoms with van der Waals surface area (Å²) in [4.78, 5) is 0. The highest BCUT2D eigenvalue weighted by Gasteiger charge is 2.13. The van der Waals surface area contributed by atoms with E-state index >= 15 is 0 Å². The number of para-hydroxylation sites is 2. The molecule has 0 aliphatic carbocycles. The fraction of sp³-hybridized carbons (Fsp3) is 0. The molecule has 122 valence electrons. The van der Waals surface area contributed by atoms with Gasteiger partial charge in [0.15, 0.2) is 0 Å². The number of halogens is 1. The zero-order valence-corrected chi connectivity index (χ0v) is 13.9. The molecule has 0 bridgehead atoms. The van der Waals surface area contributed by atoms with E-state index in [1.807, 2.05) is 66.7 Å². The first-order chi connectivity index (χ1) is 12.3. The maximum Gasteiger partial charge on any atom is 0.250 e. The topological polar surface area (TPSA) is 51.0 Å². The van der Waals surface area contributed by atoms with Crippen molar-refractivity contribution in [3.05, 3.63) is 83.9 Å². The first kappa shape index (κ1) is 15.4. The van der Waals surface area contributed by atoms with Crippen molar-refractivity contribution in [1.82, 2.24) is 10.2 Å². The van der Waals surface area contributed by atoms with Crippen molar-refractivity contribution in [2.45, 2.75) is 0 Å². The molecule has 0 fully saturated rings. The van der Waals surface area contributed by atoms with Crippen LogP contribution in [0.25, 0.3) is 22.9 Å². The van der Waals surface area contributed by atoms with Crippen molar-refractivity contribution in [1.29, 1.82) is 0 Å². The highest BCUT2D eigenvalue weighted by atomic mass is 35.5. The van der Waals surface area contributed by atoms with E-state index in [-0.39, 0.29) is 0 Å². The van der Waals surface area contributed by atoms with Gasteiger partial charge in [0.1, 0.15) is 0 Å². The van der Waals surface area contributed by atoms with Gasteiger partial charge in [-0.3, -0.25) is 0 Å². The maximum absolute atomic E-state index is 5.92. The summed E-state index contributed by atoms with van der Waals surface area (Å²) in [6.45, 7) is 0. The first-order valence-electron chi connectivity index (χ1n) is 7.80. The van der Waals surface area contributed by atoms with Gasteiger partial charge in [-0.15, -0.1) is 10.2 Å². The van der Waals surface area contributed by atoms with Gasteiger partial charge in [-0.2, -0.15) is 0 Å². The van der Waals surface area contributed by atoms with Crippen LogP contribution in [0.15, 0.2) is 83.3 Å². The minimum Gasteiger partial charge on any atom is -0.416 e. The van der Waals surface area contributed by atoms with Gasteiger partial charge < -0.3 is 9.73 Å². The normalized spacial score (nSPS) is 10.6. The number of aromatic nitrogens is 2. The van der Waals surface area contributed by atoms with Gasteiger partial charge in [0, 0.05) is 16.3 Å². The Morgan fingerprint density at radius 2 is 1.40 bits per heavy atom. The van der Waals surface area contributed by atoms with E-state index < -0.39 is 0 Å². The summed E-state index contributed by atoms with van der Waals surface area (Å²) < 4.78 is 5.87. The Bertz CT molecular complexity index is 981. The third-order valence-electron chi connectivity index (χ3n) is 3.73. The minimum atomic E-state index is 0.459. The average molecular weight is 348 g/mol. The molecule has 25 heavy (non-hydrogen) atoms. The predicted molar refractivity (Wildman–Crippen MR) is 99.9 cm³/mol. The van der Waals surface area contributed by atoms with Crippen molar-refractivity contribution >= 4 is 23.0 Å². The van der Waals surface area contributed by atoms with Crippen LogP contribution in [-0.2, 0) is 0 Å². The molecule has 0 amide bonds. The van der Waals surface area contributed by atoms with Crippen LogP contribution in [0.3, 0.4) is 0 Å². The lowest BCUT2D eigenvalue weighted by atomic mass is 10.1. The molecule has 0 aliphatic rings. The molecule has 0 atom stereocenters. The first-order valence-corrected chi connectivity index (χ1v) is 8.18. The highest BCUT2D eigenvalue weighted by Crippen LogP contribution is 2.31. The van der Waals surface area contributed by atoms with E-state index in [1.54, 1.807) is 12.1 Å². The number of rotatable bonds is 4. The van der Waals surface area contributed by atoms with Crippen LogP contribution in [0, 0.1) is 0 Å². The Hall–Kier alpha value is -3.11. The highest BCUT2D eigenvalue weighted by molar-refractivity contribution is 6.30. The average Bonchev–Trinajstić information content (AvgIpc) is 3.14. The number of hydrogen-bond donors (Lipinski definition) is 1. The zero-order chi connectivity index (χ0) is 17.1. The van der Waals surface area contributed by atoms with Crippen molar-refractivity contribution in [3.8, 4) is 22.9 Å². The van der Waals surface area contributed by atoms with Gasteiger partial charge in [0.25, 0.3) is 0 Å². The third kappa shape index (κ3) is 3.39. The molecule has 0 spiro atoms. The van der Waals surface area contributed by atoms with Crippen molar-refractivity contribution in [2.75, 3.05) is 5.32 Å². The van der Waals surface area contributed by atoms with Gasteiger partial charge in [-0.25, -0.2) is 0 Å². The second-order valence-corrected chi connectivity index (χ2v) is 5.89. The molecule has 4 nitrogen and oxygen atoms in total. The quantitative estimate of drug-likeness (QED) is 0.506. The molecule has 1 heterocycles. The molecular weight excluding hydrogens is 334 g/mol. The summed E-state index contributed by atoms with van der Waals surface area (Å²) in [6, 6.07) is 25.1. The molecule has 3 aromatic carbocycles. The van der Waals surface area contributed by atoms with Gasteiger partial charge in [0.05, 0.1) is 11.3 Å². The fourth-order valence-electron chi connectivity index (χ4n) is 2.50. The number of nitrogens with one attached hydrogen (secondary N) is 1. The second-order valence-electron chi connectivity index (χ2n) is 5.46. The van der Waals surface area contributed by atoms with Crippen molar-refractivity contribution in [2.24, 2.45) is 0 Å². The van der Waals surface area contributed by atoms with Crippen LogP contribution in [0.4, 0.5) is 11.4 Å². The minimum absolute atomic E-state index is 0.459. The molecule has 1 aromatic heterocycles. The van der Waals surface area contributed by atoms with E-state index in [0.717, 1.165) is 22.5 Å². The lowest BCUT2D eigenvalue weighted by Crippen LogP contribution is -1.92. The number of hydrogen-bond acceptors (Lipinski definition) is 4. The summed E-state index contributed by atoms with van der Waals surface area (Å²) in [7, 11) is 0. The third-order valence-corrected chi connectivity index (χ3v) is 3.98. The molecule has 0 radical (unpaired) electrons. The predicted octanol–water partition coefficient (Wildman–Crippen LogP) is 5.80. The molecule has 0 saturated heterocycles. The summed E-state index contributed by atoms with van der Waals surface area (Å²) in [5.41, 5.74) is 3.57. The lowest BCUT2D eigenvalue weighted by molar-refractivity contribution is 0.585. The number of anilines is 2. The maximum atomic E-state index is 5.92. The molecule has 1 N–H and O–H groups in total. The van der Waals surface area contributed by atoms with Crippen molar-refractivity contribution in [3.63, 3.8) is 0 Å². The van der Waals surface area contributed by atoms with Gasteiger partial charge in [-0.05, 0) is 48.5 Å². The van der Waals surface area contributed by atoms with E-state index in [9.17, 15) is 0 Å². The Morgan fingerprint density at radius 1 is 0.720 bits per heavy atom. The molecule has 0 saturated carbocycles. The zero-order valence-electron chi connectivity index (χ0n) is 13.2. The van der Waals surface area contributed by atoms with E-state index in [1.165, 1.54) is 0 Å². The van der Waals surface area contributed by atoms with Crippen molar-refractivity contribution < 1.29 is 4.42 Å². The number of nitrogens with zero attached hydrogens (tertiary/aromatic N) is 2. The summed E-state index contributed by atoms with van der Waals surface area (Å²) >= 11 is 5.92. The largest absolute Gasteiger partial charge is 0.416 e. The van der Waals surface area contributed by atoms with Gasteiger partial charge in [0.2, 0.25) is 11.8 Å². The Kier molecular flexibility index (Phi) is 4.19. The second kappa shape index (κ2) is 6.79. The number of benzene rings is 3. The summed E-state index contributed by atoms with van der Waals surface area (Å²) in [5.74, 6) is 0.921. The lowest BCUT2D eigenvalue weighted by Gasteiger charge is -2.09. The standard InChI is InChI=1S/C20H14ClN3O/c21-15-12-10-14(11-13-15)19-23-24-20(25-19)17-8-4-5-9-18(17)22-16-6-2-1-3-7-16/h1-13,22H. The fourth-order valence-corrected chi connectivity index (χ4v) is 2.62. The SMILES string of the molecule is Clc1ccc(-c2nnc(-c3ccccc3Nc3ccccc3)o2)cc1. The molecule has 0 unspecified atom stereocenters. The Labute approximate surface area is 150 Å². The monoisotopic (exact) mass is 347 g/mol. The van der Waals surface area contributed by atoms with Gasteiger partial charge in [-0.1, -0.05) is 41.9 Å². The van der Waals surface area contributed by atoms with Crippen LogP contribution >= 0.6 is 11.6 Å². The Morgan fingerprint density at radius 3 is 2.20 bits per heavy atom. The molecule has 0 aliphatic heterocycles. The van der Waals surface area contributed by atoms with Crippen LogP contribution in [0.5, 0.6) is 0 Å². The molecule has 4 rings (SSSR count). The van der Waals surface area contributed by atoms with Crippen LogP contribution in [-0.4, -0.2) is 10.2 Å². The summed E-state index contributed by atoms with van der Waals surface area (Å²) in [5, 5.41) is 12.4. The molecule has 4 aromatic rings. The van der Waals surface area contributed by atoms with E-state index in [4.69, 9.17) is 16.0 Å². The van der Waals surface area contributed by atoms with E-state index in [2.05, 4.69) is 15.5 Å². The van der Waals surface area contributed by atoms with Crippen LogP contribution in [0.2, 0.25) is 5.02 Å². The molecule has 5 heteroatoms. The van der Waals surface area contributed by atoms with E-state index in [0.29, 0.717) is 16.8 Å². The van der Waals surface area contributed by atoms with Crippen LogP contribution < -0.4 is 5.32 Å². The van der Waals surface area contributed by atoms with Gasteiger partial charge >= 0.3 is 0 Å². The summed E-state index contributed by atoms with van der Waals surface area (Å²) in [6.07, 6.45) is 0. The Balaban J connectivity index is 1.68. The van der Waals surface area contributed by atoms with Crippen LogP contribution in [0.1, 0.15) is 0 Å². The smallest absolute Gasteiger partial charge is 0.250 e.